The van der Waals surface area contributed by atoms with Crippen LogP contribution in [-0.2, 0) is 13.0 Å². The first-order chi connectivity index (χ1) is 15.1. The van der Waals surface area contributed by atoms with Crippen LogP contribution in [0.1, 0.15) is 38.5 Å². The average molecular weight is 410 g/mol. The topological polar surface area (TPSA) is 64.4 Å². The van der Waals surface area contributed by atoms with Crippen molar-refractivity contribution >= 4 is 11.6 Å². The summed E-state index contributed by atoms with van der Waals surface area (Å²) in [7, 11) is 0. The summed E-state index contributed by atoms with van der Waals surface area (Å²) in [5.74, 6) is 1.04. The van der Waals surface area contributed by atoms with Gasteiger partial charge in [-0.15, -0.1) is 0 Å². The summed E-state index contributed by atoms with van der Waals surface area (Å²) in [5.41, 5.74) is 7.99. The van der Waals surface area contributed by atoms with E-state index < -0.39 is 0 Å². The van der Waals surface area contributed by atoms with Crippen LogP contribution in [-0.4, -0.2) is 11.1 Å². The van der Waals surface area contributed by atoms with Crippen LogP contribution in [0.2, 0.25) is 0 Å². The van der Waals surface area contributed by atoms with Crippen molar-refractivity contribution in [1.82, 2.24) is 5.16 Å². The molecule has 0 spiro atoms. The first-order valence-electron chi connectivity index (χ1n) is 10.3. The second-order valence-corrected chi connectivity index (χ2v) is 7.75. The van der Waals surface area contributed by atoms with Crippen LogP contribution in [0.25, 0.3) is 11.1 Å². The highest BCUT2D eigenvalue weighted by molar-refractivity contribution is 6.06. The summed E-state index contributed by atoms with van der Waals surface area (Å²) in [6.07, 6.45) is 0.881. The van der Waals surface area contributed by atoms with E-state index in [-0.39, 0.29) is 5.91 Å². The van der Waals surface area contributed by atoms with Gasteiger partial charge >= 0.3 is 0 Å². The molecule has 1 amide bonds. The number of anilines is 1. The molecule has 31 heavy (non-hydrogen) atoms. The molecule has 1 aliphatic carbocycles. The second-order valence-electron chi connectivity index (χ2n) is 7.75. The minimum absolute atomic E-state index is 0.204. The number of hydrogen-bond donors (Lipinski definition) is 1. The molecule has 0 fully saturated rings. The lowest BCUT2D eigenvalue weighted by molar-refractivity contribution is 0.102. The second kappa shape index (κ2) is 7.76. The standard InChI is InChI=1S/C26H22N2O3/c1-16-24(17(2)31-28-16)15-30-25-10-6-5-9-23(25)26(29)27-20-11-12-22-19(14-20)13-18-7-3-4-8-21(18)22/h3-12,14H,13,15H2,1-2H3,(H,27,29). The summed E-state index contributed by atoms with van der Waals surface area (Å²) in [4.78, 5) is 13.0. The Labute approximate surface area is 180 Å². The molecule has 0 unspecified atom stereocenters. The average Bonchev–Trinajstić information content (AvgIpc) is 3.31. The predicted molar refractivity (Wildman–Crippen MR) is 119 cm³/mol. The molecule has 3 aromatic carbocycles. The summed E-state index contributed by atoms with van der Waals surface area (Å²) in [5, 5.41) is 6.97. The van der Waals surface area contributed by atoms with Crippen molar-refractivity contribution in [3.05, 3.63) is 100 Å². The van der Waals surface area contributed by atoms with Gasteiger partial charge in [0, 0.05) is 5.69 Å². The summed E-state index contributed by atoms with van der Waals surface area (Å²) >= 11 is 0. The van der Waals surface area contributed by atoms with Gasteiger partial charge in [0.1, 0.15) is 18.1 Å². The highest BCUT2D eigenvalue weighted by Gasteiger charge is 2.19. The SMILES string of the molecule is Cc1noc(C)c1COc1ccccc1C(=O)Nc1ccc2c(c1)Cc1ccccc1-2. The van der Waals surface area contributed by atoms with Gasteiger partial charge in [0.2, 0.25) is 0 Å². The lowest BCUT2D eigenvalue weighted by atomic mass is 10.1. The first-order valence-corrected chi connectivity index (χ1v) is 10.3. The first kappa shape index (κ1) is 19.1. The highest BCUT2D eigenvalue weighted by Crippen LogP contribution is 2.37. The molecule has 0 aliphatic heterocycles. The number of amides is 1. The van der Waals surface area contributed by atoms with Crippen molar-refractivity contribution in [3.8, 4) is 16.9 Å². The lowest BCUT2D eigenvalue weighted by Crippen LogP contribution is -2.14. The predicted octanol–water partition coefficient (Wildman–Crippen LogP) is 5.69. The van der Waals surface area contributed by atoms with Crippen molar-refractivity contribution in [3.63, 3.8) is 0 Å². The maximum absolute atomic E-state index is 13.0. The fourth-order valence-electron chi connectivity index (χ4n) is 4.06. The third kappa shape index (κ3) is 3.59. The van der Waals surface area contributed by atoms with E-state index in [1.165, 1.54) is 22.3 Å². The normalized spacial score (nSPS) is 11.7. The Morgan fingerprint density at radius 3 is 2.61 bits per heavy atom. The Kier molecular flexibility index (Phi) is 4.79. The van der Waals surface area contributed by atoms with E-state index in [0.717, 1.165) is 29.1 Å². The molecule has 0 bridgehead atoms. The van der Waals surface area contributed by atoms with E-state index in [2.05, 4.69) is 46.9 Å². The molecule has 5 rings (SSSR count). The minimum Gasteiger partial charge on any atom is -0.488 e. The number of ether oxygens (including phenoxy) is 1. The molecule has 1 heterocycles. The largest absolute Gasteiger partial charge is 0.488 e. The van der Waals surface area contributed by atoms with Gasteiger partial charge in [0.15, 0.2) is 0 Å². The van der Waals surface area contributed by atoms with Gasteiger partial charge in [-0.3, -0.25) is 4.79 Å². The summed E-state index contributed by atoms with van der Waals surface area (Å²) < 4.78 is 11.1. The van der Waals surface area contributed by atoms with Gasteiger partial charge in [-0.25, -0.2) is 0 Å². The van der Waals surface area contributed by atoms with Crippen LogP contribution in [0.3, 0.4) is 0 Å². The van der Waals surface area contributed by atoms with Crippen molar-refractivity contribution in [1.29, 1.82) is 0 Å². The van der Waals surface area contributed by atoms with Crippen LogP contribution >= 0.6 is 0 Å². The Morgan fingerprint density at radius 2 is 1.77 bits per heavy atom. The third-order valence-corrected chi connectivity index (χ3v) is 5.74. The number of nitrogens with one attached hydrogen (secondary N) is 1. The van der Waals surface area contributed by atoms with E-state index >= 15 is 0 Å². The van der Waals surface area contributed by atoms with Crippen LogP contribution in [0.4, 0.5) is 5.69 Å². The monoisotopic (exact) mass is 410 g/mol. The number of rotatable bonds is 5. The molecule has 0 radical (unpaired) electrons. The minimum atomic E-state index is -0.204. The molecule has 0 saturated carbocycles. The Hall–Kier alpha value is -3.86. The fraction of sp³-hybridized carbons (Fsp3) is 0.154. The van der Waals surface area contributed by atoms with Crippen LogP contribution in [0.15, 0.2) is 71.3 Å². The van der Waals surface area contributed by atoms with E-state index in [4.69, 9.17) is 9.26 Å². The molecule has 0 atom stereocenters. The number of aryl methyl sites for hydroxylation is 2. The molecule has 0 saturated heterocycles. The summed E-state index contributed by atoms with van der Waals surface area (Å²) in [6, 6.07) is 21.8. The van der Waals surface area contributed by atoms with Crippen molar-refractivity contribution < 1.29 is 14.1 Å². The number of carbonyl (C=O) groups excluding carboxylic acids is 1. The number of aromatic nitrogens is 1. The van der Waals surface area contributed by atoms with E-state index in [1.54, 1.807) is 12.1 Å². The van der Waals surface area contributed by atoms with Crippen molar-refractivity contribution in [2.24, 2.45) is 0 Å². The number of benzene rings is 3. The van der Waals surface area contributed by atoms with Crippen LogP contribution in [0, 0.1) is 13.8 Å². The molecule has 5 nitrogen and oxygen atoms in total. The highest BCUT2D eigenvalue weighted by atomic mass is 16.5. The van der Waals surface area contributed by atoms with Gasteiger partial charge < -0.3 is 14.6 Å². The van der Waals surface area contributed by atoms with Gasteiger partial charge in [-0.1, -0.05) is 47.6 Å². The zero-order valence-corrected chi connectivity index (χ0v) is 17.4. The maximum atomic E-state index is 13.0. The third-order valence-electron chi connectivity index (χ3n) is 5.74. The van der Waals surface area contributed by atoms with Crippen molar-refractivity contribution in [2.45, 2.75) is 26.9 Å². The number of hydrogen-bond acceptors (Lipinski definition) is 4. The van der Waals surface area contributed by atoms with Crippen LogP contribution in [0.5, 0.6) is 5.75 Å². The number of para-hydroxylation sites is 1. The Balaban J connectivity index is 1.34. The zero-order valence-electron chi connectivity index (χ0n) is 17.4. The van der Waals surface area contributed by atoms with Gasteiger partial charge in [0.25, 0.3) is 5.91 Å². The number of nitrogens with zero attached hydrogens (tertiary/aromatic N) is 1. The molecule has 4 aromatic rings. The van der Waals surface area contributed by atoms with Crippen LogP contribution < -0.4 is 10.1 Å². The Bertz CT molecular complexity index is 1270. The molecule has 154 valence electrons. The molecular formula is C26H22N2O3. The molecule has 1 N–H and O–H groups in total. The summed E-state index contributed by atoms with van der Waals surface area (Å²) in [6.45, 7) is 4.02. The molecular weight excluding hydrogens is 388 g/mol. The van der Waals surface area contributed by atoms with E-state index in [1.807, 2.05) is 32.0 Å². The maximum Gasteiger partial charge on any atom is 0.259 e. The quantitative estimate of drug-likeness (QED) is 0.404. The Morgan fingerprint density at radius 1 is 1.00 bits per heavy atom. The smallest absolute Gasteiger partial charge is 0.259 e. The molecule has 1 aromatic heterocycles. The van der Waals surface area contributed by atoms with Gasteiger partial charge in [-0.05, 0) is 66.8 Å². The zero-order chi connectivity index (χ0) is 21.4. The van der Waals surface area contributed by atoms with Gasteiger partial charge in [-0.2, -0.15) is 0 Å². The molecule has 5 heteroatoms. The number of carbonyl (C=O) groups is 1. The molecule has 1 aliphatic rings. The van der Waals surface area contributed by atoms with E-state index in [0.29, 0.717) is 17.9 Å². The lowest BCUT2D eigenvalue weighted by Gasteiger charge is -2.12. The van der Waals surface area contributed by atoms with Crippen molar-refractivity contribution in [2.75, 3.05) is 5.32 Å². The van der Waals surface area contributed by atoms with Gasteiger partial charge in [0.05, 0.1) is 16.8 Å². The fourth-order valence-corrected chi connectivity index (χ4v) is 4.06. The van der Waals surface area contributed by atoms with E-state index in [9.17, 15) is 4.79 Å². The number of fused-ring (bicyclic) bond motifs is 3.